The number of ether oxygens (including phenoxy) is 1. The minimum Gasteiger partial charge on any atom is -0.497 e. The van der Waals surface area contributed by atoms with Gasteiger partial charge in [0.15, 0.2) is 5.16 Å². The van der Waals surface area contributed by atoms with Gasteiger partial charge in [-0.15, -0.1) is 0 Å². The van der Waals surface area contributed by atoms with Crippen molar-refractivity contribution < 1.29 is 19.1 Å². The molecule has 8 nitrogen and oxygen atoms in total. The highest BCUT2D eigenvalue weighted by Crippen LogP contribution is 2.25. The van der Waals surface area contributed by atoms with Crippen LogP contribution in [0.5, 0.6) is 5.75 Å². The lowest BCUT2D eigenvalue weighted by molar-refractivity contribution is -0.122. The summed E-state index contributed by atoms with van der Waals surface area (Å²) in [5.41, 5.74) is 0.577. The average Bonchev–Trinajstić information content (AvgIpc) is 2.65. The van der Waals surface area contributed by atoms with Gasteiger partial charge in [-0.25, -0.2) is 19.7 Å². The number of thioether (sulfide) groups is 1. The molecule has 4 amide bonds. The van der Waals surface area contributed by atoms with E-state index in [0.717, 1.165) is 4.90 Å². The van der Waals surface area contributed by atoms with E-state index in [2.05, 4.69) is 15.3 Å². The van der Waals surface area contributed by atoms with Gasteiger partial charge in [-0.05, 0) is 24.5 Å². The molecule has 9 heteroatoms. The number of methoxy groups -OCH3 is 1. The van der Waals surface area contributed by atoms with Crippen molar-refractivity contribution in [3.05, 3.63) is 47.8 Å². The highest BCUT2D eigenvalue weighted by Gasteiger charge is 2.36. The fourth-order valence-electron chi connectivity index (χ4n) is 2.31. The highest BCUT2D eigenvalue weighted by molar-refractivity contribution is 7.98. The van der Waals surface area contributed by atoms with E-state index in [1.54, 1.807) is 18.2 Å². The Hall–Kier alpha value is -3.20. The number of anilines is 1. The molecule has 1 aromatic carbocycles. The predicted octanol–water partition coefficient (Wildman–Crippen LogP) is 1.87. The zero-order valence-corrected chi connectivity index (χ0v) is 14.7. The molecular weight excluding hydrogens is 356 g/mol. The Morgan fingerprint density at radius 1 is 1.19 bits per heavy atom. The minimum atomic E-state index is -0.820. The van der Waals surface area contributed by atoms with Crippen LogP contribution in [-0.4, -0.2) is 41.2 Å². The SMILES string of the molecule is COc1cccc(N2C(=O)NC(=O)C(=Cc3cnc(SC)nc3)C2=O)c1. The van der Waals surface area contributed by atoms with Crippen LogP contribution >= 0.6 is 11.8 Å². The number of amides is 4. The Balaban J connectivity index is 1.98. The summed E-state index contributed by atoms with van der Waals surface area (Å²) in [6, 6.07) is 5.61. The second kappa shape index (κ2) is 7.36. The van der Waals surface area contributed by atoms with Crippen LogP contribution in [0.15, 0.2) is 47.4 Å². The molecule has 1 fully saturated rings. The summed E-state index contributed by atoms with van der Waals surface area (Å²) < 4.78 is 5.11. The molecule has 1 aliphatic heterocycles. The fourth-order valence-corrected chi connectivity index (χ4v) is 2.63. The lowest BCUT2D eigenvalue weighted by Crippen LogP contribution is -2.54. The maximum Gasteiger partial charge on any atom is 0.335 e. The van der Waals surface area contributed by atoms with Crippen LogP contribution in [0.4, 0.5) is 10.5 Å². The number of rotatable bonds is 4. The van der Waals surface area contributed by atoms with Crippen molar-refractivity contribution in [1.29, 1.82) is 0 Å². The van der Waals surface area contributed by atoms with Gasteiger partial charge in [0, 0.05) is 24.0 Å². The molecule has 1 saturated heterocycles. The van der Waals surface area contributed by atoms with Crippen molar-refractivity contribution in [2.24, 2.45) is 0 Å². The van der Waals surface area contributed by atoms with E-state index in [0.29, 0.717) is 22.2 Å². The summed E-state index contributed by atoms with van der Waals surface area (Å²) in [5, 5.41) is 2.73. The van der Waals surface area contributed by atoms with Crippen LogP contribution in [-0.2, 0) is 9.59 Å². The summed E-state index contributed by atoms with van der Waals surface area (Å²) >= 11 is 1.37. The summed E-state index contributed by atoms with van der Waals surface area (Å²) in [4.78, 5) is 46.1. The maximum atomic E-state index is 12.8. The van der Waals surface area contributed by atoms with E-state index in [1.807, 2.05) is 6.26 Å². The normalized spacial score (nSPS) is 16.0. The number of nitrogens with one attached hydrogen (secondary N) is 1. The number of hydrogen-bond donors (Lipinski definition) is 1. The van der Waals surface area contributed by atoms with Gasteiger partial charge >= 0.3 is 6.03 Å². The number of carbonyl (C=O) groups excluding carboxylic acids is 3. The number of hydrogen-bond acceptors (Lipinski definition) is 7. The lowest BCUT2D eigenvalue weighted by Gasteiger charge is -2.26. The molecule has 0 bridgehead atoms. The van der Waals surface area contributed by atoms with E-state index >= 15 is 0 Å². The van der Waals surface area contributed by atoms with Crippen molar-refractivity contribution in [2.45, 2.75) is 5.16 Å². The van der Waals surface area contributed by atoms with Crippen LogP contribution in [0.3, 0.4) is 0 Å². The molecule has 132 valence electrons. The molecule has 0 radical (unpaired) electrons. The van der Waals surface area contributed by atoms with Crippen LogP contribution < -0.4 is 15.0 Å². The minimum absolute atomic E-state index is 0.187. The summed E-state index contributed by atoms with van der Waals surface area (Å²) in [6.45, 7) is 0. The quantitative estimate of drug-likeness (QED) is 0.379. The third kappa shape index (κ3) is 3.42. The van der Waals surface area contributed by atoms with Gasteiger partial charge in [0.05, 0.1) is 12.8 Å². The van der Waals surface area contributed by atoms with Gasteiger partial charge in [0.25, 0.3) is 11.8 Å². The molecular formula is C17H14N4O4S. The van der Waals surface area contributed by atoms with Gasteiger partial charge in [-0.2, -0.15) is 0 Å². The molecule has 1 aromatic heterocycles. The molecule has 0 unspecified atom stereocenters. The molecule has 2 aromatic rings. The maximum absolute atomic E-state index is 12.8. The highest BCUT2D eigenvalue weighted by atomic mass is 32.2. The van der Waals surface area contributed by atoms with Crippen molar-refractivity contribution in [1.82, 2.24) is 15.3 Å². The first kappa shape index (κ1) is 17.6. The monoisotopic (exact) mass is 370 g/mol. The van der Waals surface area contributed by atoms with E-state index < -0.39 is 17.8 Å². The second-order valence-corrected chi connectivity index (χ2v) is 5.94. The Morgan fingerprint density at radius 2 is 1.92 bits per heavy atom. The van der Waals surface area contributed by atoms with Crippen molar-refractivity contribution in [3.8, 4) is 5.75 Å². The molecule has 26 heavy (non-hydrogen) atoms. The zero-order valence-electron chi connectivity index (χ0n) is 13.9. The predicted molar refractivity (Wildman–Crippen MR) is 95.8 cm³/mol. The third-order valence-corrected chi connectivity index (χ3v) is 4.13. The molecule has 1 N–H and O–H groups in total. The molecule has 1 aliphatic rings. The molecule has 0 aliphatic carbocycles. The topological polar surface area (TPSA) is 101 Å². The molecule has 2 heterocycles. The van der Waals surface area contributed by atoms with Gasteiger partial charge in [-0.1, -0.05) is 17.8 Å². The van der Waals surface area contributed by atoms with Crippen LogP contribution in [0.1, 0.15) is 5.56 Å². The Kier molecular flexibility index (Phi) is 4.99. The van der Waals surface area contributed by atoms with E-state index in [-0.39, 0.29) is 5.57 Å². The van der Waals surface area contributed by atoms with E-state index in [9.17, 15) is 14.4 Å². The molecule has 0 saturated carbocycles. The summed E-state index contributed by atoms with van der Waals surface area (Å²) in [6.07, 6.45) is 6.18. The number of aromatic nitrogens is 2. The Labute approximate surface area is 153 Å². The van der Waals surface area contributed by atoms with E-state index in [4.69, 9.17) is 4.74 Å². The largest absolute Gasteiger partial charge is 0.497 e. The van der Waals surface area contributed by atoms with Gasteiger partial charge < -0.3 is 4.74 Å². The van der Waals surface area contributed by atoms with Gasteiger partial charge in [0.1, 0.15) is 11.3 Å². The molecule has 3 rings (SSSR count). The average molecular weight is 370 g/mol. The van der Waals surface area contributed by atoms with Gasteiger partial charge in [0.2, 0.25) is 0 Å². The third-order valence-electron chi connectivity index (χ3n) is 3.55. The summed E-state index contributed by atoms with van der Waals surface area (Å²) in [5.74, 6) is -1.03. The number of benzene rings is 1. The van der Waals surface area contributed by atoms with Gasteiger partial charge in [-0.3, -0.25) is 14.9 Å². The lowest BCUT2D eigenvalue weighted by atomic mass is 10.1. The van der Waals surface area contributed by atoms with Crippen LogP contribution in [0, 0.1) is 0 Å². The molecule has 0 spiro atoms. The van der Waals surface area contributed by atoms with Crippen molar-refractivity contribution in [2.75, 3.05) is 18.3 Å². The number of urea groups is 1. The standard InChI is InChI=1S/C17H14N4O4S/c1-25-12-5-3-4-11(7-12)21-15(23)13(14(22)20-17(21)24)6-10-8-18-16(26-2)19-9-10/h3-9H,1-2H3,(H,20,22,24). The fraction of sp³-hybridized carbons (Fsp3) is 0.118. The van der Waals surface area contributed by atoms with Crippen LogP contribution in [0.25, 0.3) is 6.08 Å². The first-order valence-corrected chi connectivity index (χ1v) is 8.67. The van der Waals surface area contributed by atoms with Crippen molar-refractivity contribution in [3.63, 3.8) is 0 Å². The number of barbiturate groups is 1. The number of nitrogens with zero attached hydrogens (tertiary/aromatic N) is 3. The Morgan fingerprint density at radius 3 is 2.58 bits per heavy atom. The Bertz CT molecular complexity index is 911. The zero-order chi connectivity index (χ0) is 18.7. The number of carbonyl (C=O) groups is 3. The smallest absolute Gasteiger partial charge is 0.335 e. The van der Waals surface area contributed by atoms with E-state index in [1.165, 1.54) is 43.4 Å². The summed E-state index contributed by atoms with van der Waals surface area (Å²) in [7, 11) is 1.48. The van der Waals surface area contributed by atoms with Crippen molar-refractivity contribution >= 4 is 41.4 Å². The first-order valence-electron chi connectivity index (χ1n) is 7.45. The first-order chi connectivity index (χ1) is 12.5. The van der Waals surface area contributed by atoms with Crippen LogP contribution in [0.2, 0.25) is 0 Å². The number of imide groups is 2. The second-order valence-electron chi connectivity index (χ2n) is 5.16. The molecule has 0 atom stereocenters.